The SMILES string of the molecule is CCN(CC)CCCC(C)N1C(=O)CNC1c1cccs1. The van der Waals surface area contributed by atoms with E-state index in [0.29, 0.717) is 6.54 Å². The molecule has 1 saturated heterocycles. The van der Waals surface area contributed by atoms with Gasteiger partial charge in [0.2, 0.25) is 5.91 Å². The fourth-order valence-corrected chi connectivity index (χ4v) is 3.79. The van der Waals surface area contributed by atoms with Crippen LogP contribution in [0.1, 0.15) is 44.7 Å². The monoisotopic (exact) mass is 309 g/mol. The fourth-order valence-electron chi connectivity index (χ4n) is 2.99. The molecule has 2 atom stereocenters. The van der Waals surface area contributed by atoms with E-state index in [0.717, 1.165) is 32.5 Å². The van der Waals surface area contributed by atoms with Crippen molar-refractivity contribution in [3.63, 3.8) is 0 Å². The molecule has 1 aromatic rings. The first kappa shape index (κ1) is 16.5. The number of nitrogens with zero attached hydrogens (tertiary/aromatic N) is 2. The van der Waals surface area contributed by atoms with E-state index in [1.807, 2.05) is 11.0 Å². The van der Waals surface area contributed by atoms with Crippen LogP contribution >= 0.6 is 11.3 Å². The van der Waals surface area contributed by atoms with Crippen molar-refractivity contribution in [1.29, 1.82) is 0 Å². The third kappa shape index (κ3) is 4.05. The zero-order valence-electron chi connectivity index (χ0n) is 13.3. The van der Waals surface area contributed by atoms with Crippen LogP contribution in [0.2, 0.25) is 0 Å². The second kappa shape index (κ2) is 7.92. The molecular formula is C16H27N3OS. The van der Waals surface area contributed by atoms with Gasteiger partial charge in [-0.15, -0.1) is 11.3 Å². The Morgan fingerprint density at radius 2 is 2.24 bits per heavy atom. The number of hydrogen-bond donors (Lipinski definition) is 1. The third-order valence-electron chi connectivity index (χ3n) is 4.29. The van der Waals surface area contributed by atoms with Crippen LogP contribution in [0.4, 0.5) is 0 Å². The van der Waals surface area contributed by atoms with E-state index in [2.05, 4.69) is 42.4 Å². The Morgan fingerprint density at radius 3 is 2.86 bits per heavy atom. The molecule has 4 nitrogen and oxygen atoms in total. The molecule has 0 aromatic carbocycles. The molecule has 1 amide bonds. The summed E-state index contributed by atoms with van der Waals surface area (Å²) in [6.45, 7) is 10.4. The van der Waals surface area contributed by atoms with Gasteiger partial charge in [-0.1, -0.05) is 19.9 Å². The molecule has 1 aliphatic rings. The lowest BCUT2D eigenvalue weighted by Crippen LogP contribution is -2.38. The van der Waals surface area contributed by atoms with Gasteiger partial charge in [-0.05, 0) is 50.8 Å². The first-order valence-corrected chi connectivity index (χ1v) is 8.85. The molecule has 21 heavy (non-hydrogen) atoms. The minimum atomic E-state index is 0.0703. The Labute approximate surface area is 132 Å². The van der Waals surface area contributed by atoms with Crippen molar-refractivity contribution in [2.75, 3.05) is 26.2 Å². The quantitative estimate of drug-likeness (QED) is 0.802. The van der Waals surface area contributed by atoms with Gasteiger partial charge in [-0.3, -0.25) is 10.1 Å². The predicted octanol–water partition coefficient (Wildman–Crippen LogP) is 2.69. The smallest absolute Gasteiger partial charge is 0.238 e. The largest absolute Gasteiger partial charge is 0.318 e. The molecule has 1 fully saturated rings. The van der Waals surface area contributed by atoms with Gasteiger partial charge in [0.05, 0.1) is 6.54 Å². The van der Waals surface area contributed by atoms with E-state index >= 15 is 0 Å². The Bertz CT molecular complexity index is 431. The van der Waals surface area contributed by atoms with Crippen molar-refractivity contribution in [2.24, 2.45) is 0 Å². The van der Waals surface area contributed by atoms with Crippen LogP contribution in [0, 0.1) is 0 Å². The Kier molecular flexibility index (Phi) is 6.21. The standard InChI is InChI=1S/C16H27N3OS/c1-4-18(5-2)10-6-8-13(3)19-15(20)12-17-16(19)14-9-7-11-21-14/h7,9,11,13,16-17H,4-6,8,10,12H2,1-3H3. The summed E-state index contributed by atoms with van der Waals surface area (Å²) in [5, 5.41) is 5.41. The Morgan fingerprint density at radius 1 is 1.48 bits per heavy atom. The number of carbonyl (C=O) groups is 1. The zero-order chi connectivity index (χ0) is 15.2. The van der Waals surface area contributed by atoms with Crippen LogP contribution in [0.5, 0.6) is 0 Å². The second-order valence-electron chi connectivity index (χ2n) is 5.62. The Balaban J connectivity index is 1.90. The van der Waals surface area contributed by atoms with Crippen molar-refractivity contribution in [3.8, 4) is 0 Å². The molecule has 0 spiro atoms. The highest BCUT2D eigenvalue weighted by molar-refractivity contribution is 7.10. The van der Waals surface area contributed by atoms with Crippen LogP contribution in [0.25, 0.3) is 0 Å². The number of thiophene rings is 1. The summed E-state index contributed by atoms with van der Waals surface area (Å²) in [6, 6.07) is 4.44. The second-order valence-corrected chi connectivity index (χ2v) is 6.60. The van der Waals surface area contributed by atoms with Crippen LogP contribution in [-0.2, 0) is 4.79 Å². The van der Waals surface area contributed by atoms with Crippen molar-refractivity contribution >= 4 is 17.2 Å². The lowest BCUT2D eigenvalue weighted by atomic mass is 10.1. The topological polar surface area (TPSA) is 35.6 Å². The molecule has 2 unspecified atom stereocenters. The Hall–Kier alpha value is -0.910. The molecule has 2 heterocycles. The minimum absolute atomic E-state index is 0.0703. The average Bonchev–Trinajstić information content (AvgIpc) is 3.12. The maximum atomic E-state index is 12.2. The molecule has 1 aliphatic heterocycles. The van der Waals surface area contributed by atoms with E-state index < -0.39 is 0 Å². The van der Waals surface area contributed by atoms with Gasteiger partial charge in [0.1, 0.15) is 6.17 Å². The molecule has 1 aromatic heterocycles. The van der Waals surface area contributed by atoms with E-state index in [1.165, 1.54) is 4.88 Å². The molecule has 0 radical (unpaired) electrons. The summed E-state index contributed by atoms with van der Waals surface area (Å²) >= 11 is 1.71. The fraction of sp³-hybridized carbons (Fsp3) is 0.688. The van der Waals surface area contributed by atoms with Gasteiger partial charge in [0.15, 0.2) is 0 Å². The van der Waals surface area contributed by atoms with Crippen molar-refractivity contribution < 1.29 is 4.79 Å². The molecule has 118 valence electrons. The number of nitrogens with one attached hydrogen (secondary N) is 1. The summed E-state index contributed by atoms with van der Waals surface area (Å²) < 4.78 is 0. The van der Waals surface area contributed by atoms with Crippen molar-refractivity contribution in [2.45, 2.75) is 45.8 Å². The first-order chi connectivity index (χ1) is 10.2. The highest BCUT2D eigenvalue weighted by Crippen LogP contribution is 2.29. The maximum Gasteiger partial charge on any atom is 0.238 e. The van der Waals surface area contributed by atoms with Crippen LogP contribution in [0.15, 0.2) is 17.5 Å². The van der Waals surface area contributed by atoms with E-state index in [4.69, 9.17) is 0 Å². The minimum Gasteiger partial charge on any atom is -0.318 e. The van der Waals surface area contributed by atoms with Gasteiger partial charge in [0.25, 0.3) is 0 Å². The van der Waals surface area contributed by atoms with Gasteiger partial charge >= 0.3 is 0 Å². The molecular weight excluding hydrogens is 282 g/mol. The van der Waals surface area contributed by atoms with E-state index in [9.17, 15) is 4.79 Å². The number of rotatable bonds is 8. The zero-order valence-corrected chi connectivity index (χ0v) is 14.2. The molecule has 0 aliphatic carbocycles. The van der Waals surface area contributed by atoms with Crippen molar-refractivity contribution in [1.82, 2.24) is 15.1 Å². The van der Waals surface area contributed by atoms with Crippen molar-refractivity contribution in [3.05, 3.63) is 22.4 Å². The summed E-state index contributed by atoms with van der Waals surface area (Å²) in [6.07, 6.45) is 2.27. The van der Waals surface area contributed by atoms with Gasteiger partial charge in [-0.2, -0.15) is 0 Å². The highest BCUT2D eigenvalue weighted by Gasteiger charge is 2.35. The van der Waals surface area contributed by atoms with Gasteiger partial charge in [0, 0.05) is 10.9 Å². The van der Waals surface area contributed by atoms with Crippen LogP contribution in [-0.4, -0.2) is 47.9 Å². The van der Waals surface area contributed by atoms with Gasteiger partial charge in [-0.25, -0.2) is 0 Å². The third-order valence-corrected chi connectivity index (χ3v) is 5.22. The summed E-state index contributed by atoms with van der Waals surface area (Å²) in [4.78, 5) is 17.9. The number of hydrogen-bond acceptors (Lipinski definition) is 4. The number of amides is 1. The summed E-state index contributed by atoms with van der Waals surface area (Å²) in [7, 11) is 0. The van der Waals surface area contributed by atoms with Gasteiger partial charge < -0.3 is 9.80 Å². The molecule has 5 heteroatoms. The molecule has 0 saturated carbocycles. The molecule has 2 rings (SSSR count). The van der Waals surface area contributed by atoms with Crippen LogP contribution in [0.3, 0.4) is 0 Å². The number of carbonyl (C=O) groups excluding carboxylic acids is 1. The molecule has 0 bridgehead atoms. The van der Waals surface area contributed by atoms with Crippen LogP contribution < -0.4 is 5.32 Å². The lowest BCUT2D eigenvalue weighted by Gasteiger charge is -2.30. The summed E-state index contributed by atoms with van der Waals surface area (Å²) in [5.41, 5.74) is 0. The lowest BCUT2D eigenvalue weighted by molar-refractivity contribution is -0.130. The highest BCUT2D eigenvalue weighted by atomic mass is 32.1. The maximum absolute atomic E-state index is 12.2. The predicted molar refractivity (Wildman–Crippen MR) is 88.4 cm³/mol. The van der Waals surface area contributed by atoms with E-state index in [1.54, 1.807) is 11.3 Å². The first-order valence-electron chi connectivity index (χ1n) is 7.97. The normalized spacial score (nSPS) is 20.5. The average molecular weight is 309 g/mol. The molecule has 1 N–H and O–H groups in total. The summed E-state index contributed by atoms with van der Waals surface area (Å²) in [5.74, 6) is 0.226. The van der Waals surface area contributed by atoms with E-state index in [-0.39, 0.29) is 18.1 Å².